The second kappa shape index (κ2) is 5.97. The molecule has 2 aliphatic rings. The monoisotopic (exact) mass is 341 g/mol. The van der Waals surface area contributed by atoms with E-state index in [1.165, 1.54) is 0 Å². The van der Waals surface area contributed by atoms with Crippen molar-refractivity contribution in [3.8, 4) is 0 Å². The van der Waals surface area contributed by atoms with Crippen LogP contribution in [-0.2, 0) is 21.5 Å². The lowest BCUT2D eigenvalue weighted by Gasteiger charge is -2.49. The number of hydrogen-bond donors (Lipinski definition) is 1. The highest BCUT2D eigenvalue weighted by molar-refractivity contribution is 5.95. The van der Waals surface area contributed by atoms with Crippen LogP contribution in [0.25, 0.3) is 0 Å². The van der Waals surface area contributed by atoms with E-state index in [2.05, 4.69) is 10.2 Å². The van der Waals surface area contributed by atoms with Crippen molar-refractivity contribution >= 4 is 5.91 Å². The van der Waals surface area contributed by atoms with Gasteiger partial charge in [-0.3, -0.25) is 9.89 Å². The van der Waals surface area contributed by atoms with Gasteiger partial charge in [-0.1, -0.05) is 30.3 Å². The van der Waals surface area contributed by atoms with E-state index >= 15 is 0 Å². The van der Waals surface area contributed by atoms with Crippen LogP contribution in [0.5, 0.6) is 0 Å². The summed E-state index contributed by atoms with van der Waals surface area (Å²) in [6, 6.07) is 10.1. The van der Waals surface area contributed by atoms with E-state index in [0.29, 0.717) is 25.2 Å². The van der Waals surface area contributed by atoms with Crippen molar-refractivity contribution in [2.45, 2.75) is 38.1 Å². The molecular formula is C19H23N3O3. The van der Waals surface area contributed by atoms with Gasteiger partial charge in [-0.25, -0.2) is 0 Å². The van der Waals surface area contributed by atoms with Crippen LogP contribution in [-0.4, -0.2) is 47.3 Å². The van der Waals surface area contributed by atoms with Crippen LogP contribution < -0.4 is 0 Å². The van der Waals surface area contributed by atoms with Crippen molar-refractivity contribution in [1.29, 1.82) is 0 Å². The molecule has 0 spiro atoms. The maximum absolute atomic E-state index is 13.0. The highest BCUT2D eigenvalue weighted by Gasteiger charge is 2.48. The summed E-state index contributed by atoms with van der Waals surface area (Å²) in [4.78, 5) is 14.8. The number of hydrogen-bond acceptors (Lipinski definition) is 4. The Morgan fingerprint density at radius 3 is 2.72 bits per heavy atom. The molecule has 1 N–H and O–H groups in total. The molecule has 0 saturated carbocycles. The fourth-order valence-electron chi connectivity index (χ4n) is 3.89. The summed E-state index contributed by atoms with van der Waals surface area (Å²) in [6.07, 6.45) is 0.733. The van der Waals surface area contributed by atoms with E-state index in [1.54, 1.807) is 12.0 Å². The molecule has 0 aliphatic carbocycles. The molecule has 2 aromatic rings. The van der Waals surface area contributed by atoms with Gasteiger partial charge in [-0.15, -0.1) is 0 Å². The molecule has 6 nitrogen and oxygen atoms in total. The third-order valence-corrected chi connectivity index (χ3v) is 5.31. The molecule has 6 heteroatoms. The molecule has 132 valence electrons. The maximum Gasteiger partial charge on any atom is 0.274 e. The predicted octanol–water partition coefficient (Wildman–Crippen LogP) is 2.43. The fourth-order valence-corrected chi connectivity index (χ4v) is 3.89. The Hall–Kier alpha value is -2.18. The second-order valence-electron chi connectivity index (χ2n) is 6.98. The number of amides is 1. The SMILES string of the molecule is COC1(c2ccccc2)CN(C(=O)c2n[nH]c3c2C[C@H](C)O[C@@H]3C)C1. The summed E-state index contributed by atoms with van der Waals surface area (Å²) in [5.74, 6) is -0.0394. The Balaban J connectivity index is 1.55. The highest BCUT2D eigenvalue weighted by atomic mass is 16.5. The van der Waals surface area contributed by atoms with Crippen molar-refractivity contribution in [1.82, 2.24) is 15.1 Å². The van der Waals surface area contributed by atoms with Crippen LogP contribution in [0.15, 0.2) is 30.3 Å². The molecule has 3 heterocycles. The zero-order chi connectivity index (χ0) is 17.6. The molecule has 0 unspecified atom stereocenters. The van der Waals surface area contributed by atoms with Gasteiger partial charge in [0.1, 0.15) is 5.60 Å². The lowest BCUT2D eigenvalue weighted by atomic mass is 9.85. The molecule has 25 heavy (non-hydrogen) atoms. The first kappa shape index (κ1) is 16.3. The Morgan fingerprint density at radius 2 is 2.04 bits per heavy atom. The van der Waals surface area contributed by atoms with Crippen LogP contribution in [0.1, 0.15) is 47.3 Å². The van der Waals surface area contributed by atoms with Gasteiger partial charge in [-0.2, -0.15) is 5.10 Å². The predicted molar refractivity (Wildman–Crippen MR) is 92.3 cm³/mol. The Labute approximate surface area is 147 Å². The van der Waals surface area contributed by atoms with Crippen LogP contribution in [0.4, 0.5) is 0 Å². The number of ether oxygens (including phenoxy) is 2. The van der Waals surface area contributed by atoms with E-state index in [9.17, 15) is 4.79 Å². The molecule has 0 bridgehead atoms. The smallest absolute Gasteiger partial charge is 0.274 e. The van der Waals surface area contributed by atoms with E-state index in [4.69, 9.17) is 9.47 Å². The lowest BCUT2D eigenvalue weighted by molar-refractivity contribution is -0.114. The summed E-state index contributed by atoms with van der Waals surface area (Å²) < 4.78 is 11.6. The van der Waals surface area contributed by atoms with Crippen LogP contribution in [0.3, 0.4) is 0 Å². The minimum atomic E-state index is -0.420. The third kappa shape index (κ3) is 2.56. The number of carbonyl (C=O) groups excluding carboxylic acids is 1. The topological polar surface area (TPSA) is 67.5 Å². The number of aromatic nitrogens is 2. The number of fused-ring (bicyclic) bond motifs is 1. The van der Waals surface area contributed by atoms with Crippen molar-refractivity contribution in [2.24, 2.45) is 0 Å². The van der Waals surface area contributed by atoms with E-state index in [0.717, 1.165) is 16.8 Å². The fraction of sp³-hybridized carbons (Fsp3) is 0.474. The average Bonchev–Trinajstić information content (AvgIpc) is 2.99. The number of rotatable bonds is 3. The Kier molecular flexibility index (Phi) is 3.89. The molecule has 2 aliphatic heterocycles. The van der Waals surface area contributed by atoms with Crippen molar-refractivity contribution < 1.29 is 14.3 Å². The second-order valence-corrected chi connectivity index (χ2v) is 6.98. The highest BCUT2D eigenvalue weighted by Crippen LogP contribution is 2.37. The Morgan fingerprint density at radius 1 is 1.32 bits per heavy atom. The first-order chi connectivity index (χ1) is 12.0. The number of nitrogens with one attached hydrogen (secondary N) is 1. The van der Waals surface area contributed by atoms with E-state index in [-0.39, 0.29) is 18.1 Å². The number of nitrogens with zero attached hydrogens (tertiary/aromatic N) is 2. The van der Waals surface area contributed by atoms with Crippen molar-refractivity contribution in [2.75, 3.05) is 20.2 Å². The minimum Gasteiger partial charge on any atom is -0.370 e. The standard InChI is InChI=1S/C19H23N3O3/c1-12-9-15-16(13(2)25-12)20-21-17(15)18(23)22-10-19(11-22,24-3)14-7-5-4-6-8-14/h4-8,12-13H,9-11H2,1-3H3,(H,20,21)/t12-,13+/m0/s1. The molecule has 4 rings (SSSR count). The van der Waals surface area contributed by atoms with Gasteiger partial charge in [0.25, 0.3) is 5.91 Å². The molecule has 1 fully saturated rings. The molecule has 1 saturated heterocycles. The number of aromatic amines is 1. The van der Waals surface area contributed by atoms with Crippen molar-refractivity contribution in [3.05, 3.63) is 52.8 Å². The molecule has 1 aromatic heterocycles. The van der Waals surface area contributed by atoms with E-state index < -0.39 is 5.60 Å². The summed E-state index contributed by atoms with van der Waals surface area (Å²) >= 11 is 0. The summed E-state index contributed by atoms with van der Waals surface area (Å²) in [5.41, 5.74) is 3.11. The van der Waals surface area contributed by atoms with Gasteiger partial charge in [-0.05, 0) is 19.4 Å². The summed E-state index contributed by atoms with van der Waals surface area (Å²) in [6.45, 7) is 5.08. The number of likely N-dealkylation sites (tertiary alicyclic amines) is 1. The van der Waals surface area contributed by atoms with Gasteiger partial charge >= 0.3 is 0 Å². The van der Waals surface area contributed by atoms with Crippen molar-refractivity contribution in [3.63, 3.8) is 0 Å². The lowest BCUT2D eigenvalue weighted by Crippen LogP contribution is -2.62. The minimum absolute atomic E-state index is 0.0394. The quantitative estimate of drug-likeness (QED) is 0.931. The summed E-state index contributed by atoms with van der Waals surface area (Å²) in [7, 11) is 1.70. The van der Waals surface area contributed by atoms with E-state index in [1.807, 2.05) is 44.2 Å². The molecule has 1 aromatic carbocycles. The van der Waals surface area contributed by atoms with Crippen LogP contribution in [0.2, 0.25) is 0 Å². The third-order valence-electron chi connectivity index (χ3n) is 5.31. The Bertz CT molecular complexity index is 780. The van der Waals surface area contributed by atoms with Crippen LogP contribution in [0, 0.1) is 0 Å². The number of carbonyl (C=O) groups is 1. The molecule has 2 atom stereocenters. The maximum atomic E-state index is 13.0. The summed E-state index contributed by atoms with van der Waals surface area (Å²) in [5, 5.41) is 7.29. The number of H-pyrrole nitrogens is 1. The average molecular weight is 341 g/mol. The molecule has 1 amide bonds. The number of benzene rings is 1. The molecule has 0 radical (unpaired) electrons. The first-order valence-electron chi connectivity index (χ1n) is 8.66. The van der Waals surface area contributed by atoms with Crippen LogP contribution >= 0.6 is 0 Å². The van der Waals surface area contributed by atoms with Gasteiger partial charge in [0.2, 0.25) is 0 Å². The zero-order valence-corrected chi connectivity index (χ0v) is 14.8. The van der Waals surface area contributed by atoms with Gasteiger partial charge in [0.15, 0.2) is 5.69 Å². The largest absolute Gasteiger partial charge is 0.370 e. The zero-order valence-electron chi connectivity index (χ0n) is 14.8. The molecular weight excluding hydrogens is 318 g/mol. The number of methoxy groups -OCH3 is 1. The van der Waals surface area contributed by atoms with Gasteiger partial charge < -0.3 is 14.4 Å². The van der Waals surface area contributed by atoms with Gasteiger partial charge in [0, 0.05) is 19.1 Å². The first-order valence-corrected chi connectivity index (χ1v) is 8.66. The normalized spacial score (nSPS) is 24.5. The van der Waals surface area contributed by atoms with Gasteiger partial charge in [0.05, 0.1) is 31.0 Å².